The zero-order chi connectivity index (χ0) is 15.9. The summed E-state index contributed by atoms with van der Waals surface area (Å²) in [5.74, 6) is -2.42. The number of rotatable bonds is 2. The Morgan fingerprint density at radius 1 is 1.32 bits per heavy atom. The summed E-state index contributed by atoms with van der Waals surface area (Å²) in [6, 6.07) is 2.67. The van der Waals surface area contributed by atoms with Crippen LogP contribution in [0, 0.1) is 11.6 Å². The Labute approximate surface area is 125 Å². The number of halogens is 2. The number of hydrogen-bond acceptors (Lipinski definition) is 4. The zero-order valence-electron chi connectivity index (χ0n) is 11.3. The van der Waals surface area contributed by atoms with E-state index in [1.54, 1.807) is 0 Å². The number of carbonyl (C=O) groups is 1. The lowest BCUT2D eigenvalue weighted by atomic mass is 10.1. The molecule has 0 radical (unpaired) electrons. The van der Waals surface area contributed by atoms with E-state index in [4.69, 9.17) is 0 Å². The van der Waals surface area contributed by atoms with Crippen molar-refractivity contribution in [2.24, 2.45) is 0 Å². The molecule has 1 amide bonds. The van der Waals surface area contributed by atoms with E-state index in [0.717, 1.165) is 6.07 Å². The van der Waals surface area contributed by atoms with Crippen LogP contribution in [-0.4, -0.2) is 36.9 Å². The fraction of sp³-hybridized carbons (Fsp3) is 0.286. The number of sulfone groups is 1. The van der Waals surface area contributed by atoms with Crippen LogP contribution >= 0.6 is 0 Å². The largest absolute Gasteiger partial charge is 0.347 e. The molecule has 1 unspecified atom stereocenters. The molecule has 1 aromatic heterocycles. The molecule has 22 heavy (non-hydrogen) atoms. The van der Waals surface area contributed by atoms with Gasteiger partial charge in [-0.1, -0.05) is 0 Å². The van der Waals surface area contributed by atoms with E-state index in [2.05, 4.69) is 10.3 Å². The average molecular weight is 326 g/mol. The van der Waals surface area contributed by atoms with Gasteiger partial charge in [-0.05, 0) is 23.9 Å². The van der Waals surface area contributed by atoms with Gasteiger partial charge >= 0.3 is 0 Å². The Morgan fingerprint density at radius 3 is 2.77 bits per heavy atom. The van der Waals surface area contributed by atoms with Gasteiger partial charge in [0.05, 0.1) is 11.5 Å². The first-order valence-electron chi connectivity index (χ1n) is 6.61. The van der Waals surface area contributed by atoms with Crippen molar-refractivity contribution in [1.82, 2.24) is 10.3 Å². The van der Waals surface area contributed by atoms with Gasteiger partial charge in [0.2, 0.25) is 0 Å². The van der Waals surface area contributed by atoms with Gasteiger partial charge in [-0.2, -0.15) is 0 Å². The summed E-state index contributed by atoms with van der Waals surface area (Å²) in [6.07, 6.45) is 1.59. The molecule has 0 aliphatic carbocycles. The van der Waals surface area contributed by atoms with Crippen molar-refractivity contribution in [2.45, 2.75) is 12.5 Å². The zero-order valence-corrected chi connectivity index (χ0v) is 12.2. The van der Waals surface area contributed by atoms with Gasteiger partial charge in [0.25, 0.3) is 5.91 Å². The summed E-state index contributed by atoms with van der Waals surface area (Å²) in [7, 11) is -3.14. The molecule has 1 saturated heterocycles. The number of nitrogens with one attached hydrogen (secondary N) is 1. The minimum Gasteiger partial charge on any atom is -0.347 e. The molecule has 3 rings (SSSR count). The standard InChI is InChI=1S/C14H12F2N2O3S/c15-9-5-8-1-3-17-13(12(8)11(16)6-9)14(19)18-10-2-4-22(20,21)7-10/h1,3,5-6,10H,2,4,7H2,(H,18,19). The van der Waals surface area contributed by atoms with Crippen LogP contribution in [0.4, 0.5) is 8.78 Å². The molecule has 1 aliphatic heterocycles. The fourth-order valence-corrected chi connectivity index (χ4v) is 4.24. The molecule has 1 atom stereocenters. The molecule has 8 heteroatoms. The highest BCUT2D eigenvalue weighted by Crippen LogP contribution is 2.22. The van der Waals surface area contributed by atoms with Gasteiger partial charge in [0, 0.05) is 23.7 Å². The Morgan fingerprint density at radius 2 is 2.09 bits per heavy atom. The molecular weight excluding hydrogens is 314 g/mol. The van der Waals surface area contributed by atoms with E-state index in [1.165, 1.54) is 12.3 Å². The van der Waals surface area contributed by atoms with Gasteiger partial charge < -0.3 is 5.32 Å². The van der Waals surface area contributed by atoms with Crippen molar-refractivity contribution in [3.05, 3.63) is 41.7 Å². The average Bonchev–Trinajstić information content (AvgIpc) is 2.76. The summed E-state index contributed by atoms with van der Waals surface area (Å²) in [5, 5.41) is 2.68. The predicted molar refractivity (Wildman–Crippen MR) is 76.2 cm³/mol. The van der Waals surface area contributed by atoms with Crippen LogP contribution in [-0.2, 0) is 9.84 Å². The summed E-state index contributed by atoms with van der Waals surface area (Å²) in [5.41, 5.74) is -0.181. The number of pyridine rings is 1. The van der Waals surface area contributed by atoms with Crippen molar-refractivity contribution in [2.75, 3.05) is 11.5 Å². The number of benzene rings is 1. The fourth-order valence-electron chi connectivity index (χ4n) is 2.57. The number of nitrogens with zero attached hydrogens (tertiary/aromatic N) is 1. The molecule has 1 aromatic carbocycles. The van der Waals surface area contributed by atoms with Gasteiger partial charge in [-0.15, -0.1) is 0 Å². The van der Waals surface area contributed by atoms with Gasteiger partial charge in [0.1, 0.15) is 17.3 Å². The third-order valence-corrected chi connectivity index (χ3v) is 5.33. The highest BCUT2D eigenvalue weighted by atomic mass is 32.2. The van der Waals surface area contributed by atoms with E-state index in [1.807, 2.05) is 0 Å². The summed E-state index contributed by atoms with van der Waals surface area (Å²) < 4.78 is 50.0. The normalized spacial score (nSPS) is 20.2. The SMILES string of the molecule is O=C(NC1CCS(=O)(=O)C1)c1nccc2cc(F)cc(F)c12. The van der Waals surface area contributed by atoms with Crippen molar-refractivity contribution in [3.63, 3.8) is 0 Å². The van der Waals surface area contributed by atoms with Crippen LogP contribution in [0.3, 0.4) is 0 Å². The number of hydrogen-bond donors (Lipinski definition) is 1. The van der Waals surface area contributed by atoms with Gasteiger partial charge in [0.15, 0.2) is 9.84 Å². The van der Waals surface area contributed by atoms with Crippen molar-refractivity contribution in [3.8, 4) is 0 Å². The lowest BCUT2D eigenvalue weighted by molar-refractivity contribution is 0.0937. The van der Waals surface area contributed by atoms with Crippen LogP contribution in [0.25, 0.3) is 10.8 Å². The summed E-state index contributed by atoms with van der Waals surface area (Å²) in [4.78, 5) is 16.1. The Hall–Kier alpha value is -2.09. The van der Waals surface area contributed by atoms with Gasteiger partial charge in [-0.3, -0.25) is 9.78 Å². The second kappa shape index (κ2) is 5.28. The molecule has 2 heterocycles. The first kappa shape index (κ1) is 14.8. The predicted octanol–water partition coefficient (Wildman–Crippen LogP) is 1.43. The van der Waals surface area contributed by atoms with Crippen LogP contribution in [0.2, 0.25) is 0 Å². The summed E-state index contributed by atoms with van der Waals surface area (Å²) >= 11 is 0. The lowest BCUT2D eigenvalue weighted by Gasteiger charge is -2.12. The number of carbonyl (C=O) groups excluding carboxylic acids is 1. The number of aromatic nitrogens is 1. The number of amides is 1. The molecule has 2 aromatic rings. The molecular formula is C14H12F2N2O3S. The number of fused-ring (bicyclic) bond motifs is 1. The molecule has 1 aliphatic rings. The van der Waals surface area contributed by atoms with Crippen molar-refractivity contribution in [1.29, 1.82) is 0 Å². The van der Waals surface area contributed by atoms with Crippen LogP contribution in [0.1, 0.15) is 16.9 Å². The molecule has 5 nitrogen and oxygen atoms in total. The van der Waals surface area contributed by atoms with Crippen molar-refractivity contribution < 1.29 is 22.0 Å². The highest BCUT2D eigenvalue weighted by molar-refractivity contribution is 7.91. The van der Waals surface area contributed by atoms with E-state index in [9.17, 15) is 22.0 Å². The minimum absolute atomic E-state index is 0.0144. The minimum atomic E-state index is -3.14. The second-order valence-electron chi connectivity index (χ2n) is 5.22. The first-order valence-corrected chi connectivity index (χ1v) is 8.43. The third kappa shape index (κ3) is 2.78. The maximum Gasteiger partial charge on any atom is 0.270 e. The van der Waals surface area contributed by atoms with E-state index in [0.29, 0.717) is 12.5 Å². The first-order chi connectivity index (χ1) is 10.4. The maximum absolute atomic E-state index is 13.9. The van der Waals surface area contributed by atoms with Crippen LogP contribution in [0.15, 0.2) is 24.4 Å². The lowest BCUT2D eigenvalue weighted by Crippen LogP contribution is -2.36. The molecule has 1 fully saturated rings. The molecule has 0 bridgehead atoms. The quantitative estimate of drug-likeness (QED) is 0.906. The smallest absolute Gasteiger partial charge is 0.270 e. The van der Waals surface area contributed by atoms with Crippen molar-refractivity contribution >= 4 is 26.5 Å². The molecule has 1 N–H and O–H groups in total. The monoisotopic (exact) mass is 326 g/mol. The summed E-state index contributed by atoms with van der Waals surface area (Å²) in [6.45, 7) is 0. The Kier molecular flexibility index (Phi) is 3.56. The Bertz CT molecular complexity index is 868. The molecule has 116 valence electrons. The van der Waals surface area contributed by atoms with Crippen LogP contribution < -0.4 is 5.32 Å². The van der Waals surface area contributed by atoms with E-state index < -0.39 is 33.4 Å². The third-order valence-electron chi connectivity index (χ3n) is 3.56. The molecule has 0 spiro atoms. The highest BCUT2D eigenvalue weighted by Gasteiger charge is 2.30. The topological polar surface area (TPSA) is 76.1 Å². The maximum atomic E-state index is 13.9. The van der Waals surface area contributed by atoms with E-state index >= 15 is 0 Å². The van der Waals surface area contributed by atoms with Gasteiger partial charge in [-0.25, -0.2) is 17.2 Å². The second-order valence-corrected chi connectivity index (χ2v) is 7.45. The van der Waals surface area contributed by atoms with E-state index in [-0.39, 0.29) is 28.0 Å². The van der Waals surface area contributed by atoms with Crippen LogP contribution in [0.5, 0.6) is 0 Å². The Balaban J connectivity index is 1.95. The molecule has 0 saturated carbocycles.